The van der Waals surface area contributed by atoms with E-state index in [9.17, 15) is 13.2 Å². The van der Waals surface area contributed by atoms with E-state index in [0.717, 1.165) is 31.6 Å². The Bertz CT molecular complexity index is 1410. The summed E-state index contributed by atoms with van der Waals surface area (Å²) in [5, 5.41) is 6.11. The molecule has 1 aromatic heterocycles. The maximum Gasteiger partial charge on any atom is 0.232 e. The number of nitrogens with one attached hydrogen (secondary N) is 2. The zero-order chi connectivity index (χ0) is 28.0. The molecule has 1 amide bonds. The summed E-state index contributed by atoms with van der Waals surface area (Å²) >= 11 is 0. The number of aromatic nitrogens is 3. The first kappa shape index (κ1) is 28.0. The second-order valence-electron chi connectivity index (χ2n) is 9.46. The summed E-state index contributed by atoms with van der Waals surface area (Å²) in [6.07, 6.45) is 3.01. The minimum absolute atomic E-state index is 0.149. The van der Waals surface area contributed by atoms with Crippen LogP contribution in [0.15, 0.2) is 53.7 Å². The van der Waals surface area contributed by atoms with Gasteiger partial charge in [-0.25, -0.2) is 18.4 Å². The van der Waals surface area contributed by atoms with E-state index in [-0.39, 0.29) is 22.7 Å². The summed E-state index contributed by atoms with van der Waals surface area (Å²) in [4.78, 5) is 31.5. The van der Waals surface area contributed by atoms with Crippen LogP contribution in [0.1, 0.15) is 6.42 Å². The fourth-order valence-corrected chi connectivity index (χ4v) is 5.07. The fraction of sp³-hybridized carbons (Fsp3) is 0.385. The monoisotopic (exact) mass is 554 g/mol. The van der Waals surface area contributed by atoms with Crippen LogP contribution in [0.2, 0.25) is 0 Å². The number of methoxy groups -OCH3 is 1. The maximum absolute atomic E-state index is 12.5. The van der Waals surface area contributed by atoms with Crippen LogP contribution in [-0.2, 0) is 14.6 Å². The smallest absolute Gasteiger partial charge is 0.232 e. The lowest BCUT2D eigenvalue weighted by Gasteiger charge is -2.36. The van der Waals surface area contributed by atoms with E-state index in [1.807, 2.05) is 42.1 Å². The maximum atomic E-state index is 12.5. The van der Waals surface area contributed by atoms with Crippen molar-refractivity contribution in [2.75, 3.05) is 75.7 Å². The Kier molecular flexibility index (Phi) is 8.82. The fourth-order valence-electron chi connectivity index (χ4n) is 4.22. The van der Waals surface area contributed by atoms with Crippen molar-refractivity contribution in [2.45, 2.75) is 11.3 Å². The molecule has 1 aliphatic rings. The molecule has 1 fully saturated rings. The Morgan fingerprint density at radius 3 is 2.31 bits per heavy atom. The van der Waals surface area contributed by atoms with E-state index in [1.54, 1.807) is 25.3 Å². The summed E-state index contributed by atoms with van der Waals surface area (Å²) in [5.74, 6) is 1.25. The number of hydrogen-bond acceptors (Lipinski definition) is 11. The molecule has 0 saturated carbocycles. The quantitative estimate of drug-likeness (QED) is 0.383. The van der Waals surface area contributed by atoms with Gasteiger partial charge in [-0.2, -0.15) is 4.98 Å². The highest BCUT2D eigenvalue weighted by molar-refractivity contribution is 7.90. The largest absolute Gasteiger partial charge is 0.494 e. The predicted octanol–water partition coefficient (Wildman–Crippen LogP) is 2.37. The van der Waals surface area contributed by atoms with Gasteiger partial charge in [0, 0.05) is 57.2 Å². The minimum Gasteiger partial charge on any atom is -0.494 e. The van der Waals surface area contributed by atoms with E-state index in [2.05, 4.69) is 30.5 Å². The van der Waals surface area contributed by atoms with E-state index in [1.165, 1.54) is 12.4 Å². The number of carbonyl (C=O) groups is 1. The molecule has 2 aromatic carbocycles. The van der Waals surface area contributed by atoms with Gasteiger partial charge in [-0.05, 0) is 38.4 Å². The average Bonchev–Trinajstić information content (AvgIpc) is 2.92. The van der Waals surface area contributed by atoms with Gasteiger partial charge in [0.05, 0.1) is 23.4 Å². The third-order valence-electron chi connectivity index (χ3n) is 6.31. The molecule has 1 saturated heterocycles. The molecular formula is C26H34N8O4S. The molecule has 0 aliphatic carbocycles. The predicted molar refractivity (Wildman–Crippen MR) is 151 cm³/mol. The lowest BCUT2D eigenvalue weighted by Crippen LogP contribution is -2.49. The molecule has 2 heterocycles. The van der Waals surface area contributed by atoms with Crippen molar-refractivity contribution in [3.8, 4) is 5.75 Å². The van der Waals surface area contributed by atoms with Crippen LogP contribution in [-0.4, -0.2) is 99.3 Å². The van der Waals surface area contributed by atoms with Crippen molar-refractivity contribution in [1.29, 1.82) is 0 Å². The summed E-state index contributed by atoms with van der Waals surface area (Å²) in [7, 11) is 2.09. The van der Waals surface area contributed by atoms with Gasteiger partial charge >= 0.3 is 0 Å². The van der Waals surface area contributed by atoms with Crippen LogP contribution in [0.4, 0.5) is 29.0 Å². The topological polar surface area (TPSA) is 133 Å². The standard InChI is InChI=1S/C26H34N8O4S/c1-32(2)12-11-24(35)34-15-13-33(14-16-34)19-9-10-20(22(17-19)38-3)29-25-27-18-28-26(31-25)30-21-7-5-6-8-23(21)39(4,36)37/h5-10,17-18H,11-16H2,1-4H3,(H2,27,28,29,30,31). The Morgan fingerprint density at radius 2 is 1.67 bits per heavy atom. The number of piperazine rings is 1. The number of hydrogen-bond donors (Lipinski definition) is 2. The van der Waals surface area contributed by atoms with E-state index in [4.69, 9.17) is 4.74 Å². The summed E-state index contributed by atoms with van der Waals surface area (Å²) < 4.78 is 29.9. The van der Waals surface area contributed by atoms with Gasteiger partial charge < -0.3 is 30.1 Å². The van der Waals surface area contributed by atoms with Crippen LogP contribution in [0, 0.1) is 0 Å². The van der Waals surface area contributed by atoms with Crippen LogP contribution >= 0.6 is 0 Å². The number of sulfone groups is 1. The lowest BCUT2D eigenvalue weighted by atomic mass is 10.2. The second kappa shape index (κ2) is 12.3. The van der Waals surface area contributed by atoms with Crippen molar-refractivity contribution in [1.82, 2.24) is 24.8 Å². The highest BCUT2D eigenvalue weighted by Gasteiger charge is 2.22. The van der Waals surface area contributed by atoms with Crippen LogP contribution in [0.5, 0.6) is 5.75 Å². The Morgan fingerprint density at radius 1 is 1.00 bits per heavy atom. The van der Waals surface area contributed by atoms with Gasteiger partial charge in [0.25, 0.3) is 0 Å². The van der Waals surface area contributed by atoms with Crippen LogP contribution in [0.25, 0.3) is 0 Å². The van der Waals surface area contributed by atoms with E-state index in [0.29, 0.717) is 36.6 Å². The van der Waals surface area contributed by atoms with Crippen molar-refractivity contribution >= 4 is 44.7 Å². The summed E-state index contributed by atoms with van der Waals surface area (Å²) in [5.41, 5.74) is 2.03. The molecular weight excluding hydrogens is 520 g/mol. The zero-order valence-corrected chi connectivity index (χ0v) is 23.4. The van der Waals surface area contributed by atoms with Gasteiger partial charge in [0.1, 0.15) is 12.1 Å². The van der Waals surface area contributed by atoms with Crippen LogP contribution < -0.4 is 20.3 Å². The van der Waals surface area contributed by atoms with Gasteiger partial charge in [0.15, 0.2) is 9.84 Å². The summed E-state index contributed by atoms with van der Waals surface area (Å²) in [6.45, 7) is 3.58. The molecule has 0 bridgehead atoms. The molecule has 0 atom stereocenters. The molecule has 4 rings (SSSR count). The number of carbonyl (C=O) groups excluding carboxylic acids is 1. The molecule has 12 nitrogen and oxygen atoms in total. The highest BCUT2D eigenvalue weighted by atomic mass is 32.2. The average molecular weight is 555 g/mol. The number of nitrogens with zero attached hydrogens (tertiary/aromatic N) is 6. The minimum atomic E-state index is -3.44. The lowest BCUT2D eigenvalue weighted by molar-refractivity contribution is -0.131. The highest BCUT2D eigenvalue weighted by Crippen LogP contribution is 2.32. The van der Waals surface area contributed by atoms with Gasteiger partial charge in [-0.3, -0.25) is 4.79 Å². The molecule has 0 unspecified atom stereocenters. The number of ether oxygens (including phenoxy) is 1. The first-order chi connectivity index (χ1) is 18.6. The molecule has 208 valence electrons. The molecule has 0 spiro atoms. The Balaban J connectivity index is 1.43. The molecule has 0 radical (unpaired) electrons. The molecule has 1 aliphatic heterocycles. The van der Waals surface area contributed by atoms with Gasteiger partial charge in [0.2, 0.25) is 17.8 Å². The summed E-state index contributed by atoms with van der Waals surface area (Å²) in [6, 6.07) is 12.4. The SMILES string of the molecule is COc1cc(N2CCN(C(=O)CCN(C)C)CC2)ccc1Nc1ncnc(Nc2ccccc2S(C)(=O)=O)n1. The zero-order valence-electron chi connectivity index (χ0n) is 22.6. The molecule has 3 aromatic rings. The Hall–Kier alpha value is -3.97. The number of anilines is 5. The van der Waals surface area contributed by atoms with Gasteiger partial charge in [-0.15, -0.1) is 0 Å². The van der Waals surface area contributed by atoms with Crippen molar-refractivity contribution < 1.29 is 17.9 Å². The normalized spacial score (nSPS) is 13.9. The number of rotatable bonds is 10. The Labute approximate surface area is 228 Å². The van der Waals surface area contributed by atoms with E-state index >= 15 is 0 Å². The molecule has 2 N–H and O–H groups in total. The van der Waals surface area contributed by atoms with E-state index < -0.39 is 9.84 Å². The van der Waals surface area contributed by atoms with Crippen molar-refractivity contribution in [3.05, 3.63) is 48.8 Å². The third-order valence-corrected chi connectivity index (χ3v) is 7.46. The first-order valence-electron chi connectivity index (χ1n) is 12.5. The number of para-hydroxylation sites is 1. The van der Waals surface area contributed by atoms with Crippen molar-refractivity contribution in [3.63, 3.8) is 0 Å². The first-order valence-corrected chi connectivity index (χ1v) is 14.4. The second-order valence-corrected chi connectivity index (χ2v) is 11.4. The molecule has 39 heavy (non-hydrogen) atoms. The van der Waals surface area contributed by atoms with Crippen LogP contribution in [0.3, 0.4) is 0 Å². The van der Waals surface area contributed by atoms with Gasteiger partial charge in [-0.1, -0.05) is 12.1 Å². The number of benzene rings is 2. The molecule has 13 heteroatoms. The number of amides is 1. The third kappa shape index (κ3) is 7.33. The van der Waals surface area contributed by atoms with Crippen molar-refractivity contribution in [2.24, 2.45) is 0 Å².